The molecule has 1 amide bonds. The lowest BCUT2D eigenvalue weighted by molar-refractivity contribution is 0.0877. The van der Waals surface area contributed by atoms with Crippen LogP contribution in [-0.2, 0) is 0 Å². The number of nitrogens with one attached hydrogen (secondary N) is 2. The van der Waals surface area contributed by atoms with Crippen molar-refractivity contribution in [3.63, 3.8) is 0 Å². The van der Waals surface area contributed by atoms with Crippen molar-refractivity contribution < 1.29 is 4.79 Å². The summed E-state index contributed by atoms with van der Waals surface area (Å²) in [6.07, 6.45) is 2.26. The van der Waals surface area contributed by atoms with Crippen molar-refractivity contribution in [2.75, 3.05) is 46.0 Å². The van der Waals surface area contributed by atoms with E-state index < -0.39 is 0 Å². The number of hydrogen-bond acceptors (Lipinski definition) is 5. The van der Waals surface area contributed by atoms with Crippen molar-refractivity contribution >= 4 is 11.6 Å². The molecular formula is C14H24N6O. The van der Waals surface area contributed by atoms with Crippen molar-refractivity contribution in [1.29, 1.82) is 0 Å². The second-order valence-corrected chi connectivity index (χ2v) is 6.28. The molecule has 1 aliphatic carbocycles. The number of nitrogen functional groups attached to an aromatic ring is 1. The molecule has 2 aliphatic rings. The van der Waals surface area contributed by atoms with Crippen LogP contribution in [0, 0.1) is 0 Å². The summed E-state index contributed by atoms with van der Waals surface area (Å²) >= 11 is 0. The molecule has 1 saturated heterocycles. The zero-order chi connectivity index (χ0) is 15.0. The van der Waals surface area contributed by atoms with Gasteiger partial charge in [0.05, 0.1) is 11.4 Å². The number of aromatic nitrogens is 2. The smallest absolute Gasteiger partial charge is 0.273 e. The molecule has 7 heteroatoms. The second kappa shape index (κ2) is 5.65. The predicted molar refractivity (Wildman–Crippen MR) is 81.2 cm³/mol. The number of hydrogen-bond donors (Lipinski definition) is 3. The zero-order valence-corrected chi connectivity index (χ0v) is 12.7. The van der Waals surface area contributed by atoms with Crippen LogP contribution in [0.3, 0.4) is 0 Å². The van der Waals surface area contributed by atoms with Crippen LogP contribution in [0.15, 0.2) is 0 Å². The van der Waals surface area contributed by atoms with E-state index in [1.54, 1.807) is 0 Å². The summed E-state index contributed by atoms with van der Waals surface area (Å²) in [5, 5.41) is 9.97. The number of nitrogens with zero attached hydrogens (tertiary/aromatic N) is 3. The van der Waals surface area contributed by atoms with E-state index in [0.29, 0.717) is 29.9 Å². The highest BCUT2D eigenvalue weighted by molar-refractivity contribution is 5.97. The number of piperazine rings is 1. The van der Waals surface area contributed by atoms with Crippen molar-refractivity contribution in [3.05, 3.63) is 11.4 Å². The molecule has 1 aliphatic heterocycles. The maximum absolute atomic E-state index is 12.2. The fourth-order valence-corrected chi connectivity index (χ4v) is 2.84. The van der Waals surface area contributed by atoms with Gasteiger partial charge in [-0.25, -0.2) is 0 Å². The predicted octanol–water partition coefficient (Wildman–Crippen LogP) is -0.155. The van der Waals surface area contributed by atoms with Crippen LogP contribution in [0.5, 0.6) is 0 Å². The molecule has 4 N–H and O–H groups in total. The first-order chi connectivity index (χ1) is 10.1. The van der Waals surface area contributed by atoms with Gasteiger partial charge in [-0.3, -0.25) is 14.8 Å². The zero-order valence-electron chi connectivity index (χ0n) is 12.7. The van der Waals surface area contributed by atoms with Gasteiger partial charge >= 0.3 is 0 Å². The minimum absolute atomic E-state index is 0.183. The number of aromatic amines is 1. The summed E-state index contributed by atoms with van der Waals surface area (Å²) in [6.45, 7) is 3.66. The summed E-state index contributed by atoms with van der Waals surface area (Å²) in [7, 11) is 4.20. The first-order valence-corrected chi connectivity index (χ1v) is 7.57. The molecular weight excluding hydrogens is 268 g/mol. The summed E-state index contributed by atoms with van der Waals surface area (Å²) < 4.78 is 0. The Kier molecular flexibility index (Phi) is 3.86. The number of amides is 1. The van der Waals surface area contributed by atoms with E-state index >= 15 is 0 Å². The van der Waals surface area contributed by atoms with Gasteiger partial charge in [-0.2, -0.15) is 5.10 Å². The average Bonchev–Trinajstić information content (AvgIpc) is 3.22. The molecule has 2 heterocycles. The molecule has 1 aromatic rings. The standard InChI is InChI=1S/C14H24N6O/c1-19-5-6-20(2)10(8-19)7-16-14(21)13-11(15)12(17-18-13)9-3-4-9/h9-10H,3-8,15H2,1-2H3,(H,16,21)(H,17,18). The topological polar surface area (TPSA) is 90.3 Å². The van der Waals surface area contributed by atoms with Crippen molar-refractivity contribution in [1.82, 2.24) is 25.3 Å². The molecule has 2 fully saturated rings. The molecule has 1 saturated carbocycles. The highest BCUT2D eigenvalue weighted by atomic mass is 16.2. The molecule has 116 valence electrons. The van der Waals surface area contributed by atoms with Crippen LogP contribution in [0.25, 0.3) is 0 Å². The van der Waals surface area contributed by atoms with Gasteiger partial charge in [-0.05, 0) is 26.9 Å². The van der Waals surface area contributed by atoms with Crippen molar-refractivity contribution in [2.45, 2.75) is 24.8 Å². The van der Waals surface area contributed by atoms with E-state index in [2.05, 4.69) is 39.4 Å². The molecule has 0 bridgehead atoms. The van der Waals surface area contributed by atoms with Crippen LogP contribution in [-0.4, -0.2) is 72.2 Å². The quantitative estimate of drug-likeness (QED) is 0.718. The average molecular weight is 292 g/mol. The lowest BCUT2D eigenvalue weighted by Gasteiger charge is -2.37. The molecule has 1 atom stereocenters. The molecule has 1 aromatic heterocycles. The Hall–Kier alpha value is -1.60. The van der Waals surface area contributed by atoms with Crippen LogP contribution in [0.1, 0.15) is 34.9 Å². The number of H-pyrrole nitrogens is 1. The SMILES string of the molecule is CN1CCN(C)C(CNC(=O)c2n[nH]c(C3CC3)c2N)C1. The van der Waals surface area contributed by atoms with E-state index in [9.17, 15) is 4.79 Å². The third kappa shape index (κ3) is 3.03. The summed E-state index contributed by atoms with van der Waals surface area (Å²) in [4.78, 5) is 16.8. The first kappa shape index (κ1) is 14.3. The van der Waals surface area contributed by atoms with E-state index in [1.165, 1.54) is 0 Å². The van der Waals surface area contributed by atoms with Gasteiger partial charge in [0.2, 0.25) is 0 Å². The van der Waals surface area contributed by atoms with E-state index in [4.69, 9.17) is 5.73 Å². The fourth-order valence-electron chi connectivity index (χ4n) is 2.84. The molecule has 3 rings (SSSR count). The van der Waals surface area contributed by atoms with E-state index in [-0.39, 0.29) is 5.91 Å². The molecule has 0 aromatic carbocycles. The number of carbonyl (C=O) groups is 1. The van der Waals surface area contributed by atoms with Gasteiger partial charge in [0.15, 0.2) is 5.69 Å². The molecule has 7 nitrogen and oxygen atoms in total. The summed E-state index contributed by atoms with van der Waals surface area (Å²) in [5.41, 5.74) is 7.81. The molecule has 21 heavy (non-hydrogen) atoms. The van der Waals surface area contributed by atoms with Crippen molar-refractivity contribution in [3.8, 4) is 0 Å². The Morgan fingerprint density at radius 3 is 2.90 bits per heavy atom. The minimum Gasteiger partial charge on any atom is -0.395 e. The first-order valence-electron chi connectivity index (χ1n) is 7.57. The lowest BCUT2D eigenvalue weighted by atomic mass is 10.1. The Bertz CT molecular complexity index is 524. The van der Waals surface area contributed by atoms with Gasteiger partial charge < -0.3 is 16.0 Å². The monoisotopic (exact) mass is 292 g/mol. The summed E-state index contributed by atoms with van der Waals surface area (Å²) in [5.74, 6) is 0.287. The normalized spacial score (nSPS) is 24.2. The number of likely N-dealkylation sites (N-methyl/N-ethyl adjacent to an activating group) is 2. The van der Waals surface area contributed by atoms with Gasteiger partial charge in [-0.15, -0.1) is 0 Å². The second-order valence-electron chi connectivity index (χ2n) is 6.28. The van der Waals surface area contributed by atoms with Crippen molar-refractivity contribution in [2.24, 2.45) is 0 Å². The maximum Gasteiger partial charge on any atom is 0.273 e. The summed E-state index contributed by atoms with van der Waals surface area (Å²) in [6, 6.07) is 0.329. The highest BCUT2D eigenvalue weighted by Crippen LogP contribution is 2.42. The van der Waals surface area contributed by atoms with Crippen LogP contribution < -0.4 is 11.1 Å². The van der Waals surface area contributed by atoms with E-state index in [0.717, 1.165) is 38.2 Å². The van der Waals surface area contributed by atoms with Crippen LogP contribution >= 0.6 is 0 Å². The third-order valence-corrected chi connectivity index (χ3v) is 4.51. The van der Waals surface area contributed by atoms with Gasteiger partial charge in [0.25, 0.3) is 5.91 Å². The van der Waals surface area contributed by atoms with Crippen LogP contribution in [0.2, 0.25) is 0 Å². The molecule has 1 unspecified atom stereocenters. The Morgan fingerprint density at radius 2 is 2.19 bits per heavy atom. The number of anilines is 1. The number of carbonyl (C=O) groups excluding carboxylic acids is 1. The highest BCUT2D eigenvalue weighted by Gasteiger charge is 2.30. The Labute approximate surface area is 124 Å². The minimum atomic E-state index is -0.183. The largest absolute Gasteiger partial charge is 0.395 e. The Morgan fingerprint density at radius 1 is 1.43 bits per heavy atom. The molecule has 0 radical (unpaired) electrons. The van der Waals surface area contributed by atoms with Gasteiger partial charge in [0.1, 0.15) is 0 Å². The lowest BCUT2D eigenvalue weighted by Crippen LogP contribution is -2.54. The Balaban J connectivity index is 1.58. The van der Waals surface area contributed by atoms with E-state index in [1.807, 2.05) is 0 Å². The van der Waals surface area contributed by atoms with Gasteiger partial charge in [-0.1, -0.05) is 0 Å². The van der Waals surface area contributed by atoms with Gasteiger partial charge in [0, 0.05) is 38.1 Å². The van der Waals surface area contributed by atoms with Crippen LogP contribution in [0.4, 0.5) is 5.69 Å². The third-order valence-electron chi connectivity index (χ3n) is 4.51. The number of nitrogens with two attached hydrogens (primary N) is 1. The maximum atomic E-state index is 12.2. The fraction of sp³-hybridized carbons (Fsp3) is 0.714. The molecule has 0 spiro atoms. The number of rotatable bonds is 4.